The predicted octanol–water partition coefficient (Wildman–Crippen LogP) is 1.84. The highest BCUT2D eigenvalue weighted by Gasteiger charge is 1.97. The van der Waals surface area contributed by atoms with Crippen LogP contribution >= 0.6 is 0 Å². The zero-order valence-corrected chi connectivity index (χ0v) is 10.5. The Morgan fingerprint density at radius 1 is 1.25 bits per heavy atom. The molecule has 4 nitrogen and oxygen atoms in total. The first-order valence-electron chi connectivity index (χ1n) is 6.00. The van der Waals surface area contributed by atoms with Crippen molar-refractivity contribution in [3.05, 3.63) is 18.1 Å². The van der Waals surface area contributed by atoms with Crippen molar-refractivity contribution in [1.82, 2.24) is 15.3 Å². The number of nitrogens with zero attached hydrogens (tertiary/aromatic N) is 2. The quantitative estimate of drug-likeness (QED) is 0.691. The maximum atomic E-state index is 4.22. The van der Waals surface area contributed by atoms with Crippen molar-refractivity contribution >= 4 is 5.82 Å². The highest BCUT2D eigenvalue weighted by molar-refractivity contribution is 5.34. The fraction of sp³-hybridized carbons (Fsp3) is 0.667. The summed E-state index contributed by atoms with van der Waals surface area (Å²) in [4.78, 5) is 8.41. The third kappa shape index (κ3) is 5.07. The first-order valence-corrected chi connectivity index (χ1v) is 6.00. The van der Waals surface area contributed by atoms with Gasteiger partial charge >= 0.3 is 0 Å². The second-order valence-corrected chi connectivity index (χ2v) is 4.18. The summed E-state index contributed by atoms with van der Waals surface area (Å²) in [5, 5.41) is 6.63. The van der Waals surface area contributed by atoms with Gasteiger partial charge in [-0.25, -0.2) is 9.97 Å². The highest BCUT2D eigenvalue weighted by atomic mass is 15.0. The molecule has 0 bridgehead atoms. The molecule has 0 unspecified atom stereocenters. The van der Waals surface area contributed by atoms with Gasteiger partial charge in [0.25, 0.3) is 0 Å². The number of aromatic nitrogens is 2. The second kappa shape index (κ2) is 7.17. The molecule has 0 aliphatic heterocycles. The minimum atomic E-state index is 0.530. The Kier molecular flexibility index (Phi) is 5.78. The van der Waals surface area contributed by atoms with E-state index in [-0.39, 0.29) is 0 Å². The van der Waals surface area contributed by atoms with Gasteiger partial charge in [0.2, 0.25) is 0 Å². The van der Waals surface area contributed by atoms with Gasteiger partial charge < -0.3 is 10.6 Å². The Labute approximate surface area is 97.9 Å². The van der Waals surface area contributed by atoms with E-state index in [1.54, 1.807) is 6.33 Å². The average Bonchev–Trinajstić information content (AvgIpc) is 2.25. The smallest absolute Gasteiger partial charge is 0.129 e. The summed E-state index contributed by atoms with van der Waals surface area (Å²) in [6.45, 7) is 8.28. The van der Waals surface area contributed by atoms with E-state index in [9.17, 15) is 0 Å². The summed E-state index contributed by atoms with van der Waals surface area (Å²) in [6, 6.07) is 2.56. The van der Waals surface area contributed by atoms with Crippen LogP contribution in [-0.4, -0.2) is 29.1 Å². The lowest BCUT2D eigenvalue weighted by molar-refractivity contribution is 0.602. The molecule has 0 radical (unpaired) electrons. The molecule has 0 saturated carbocycles. The van der Waals surface area contributed by atoms with Crippen LogP contribution in [0.3, 0.4) is 0 Å². The van der Waals surface area contributed by atoms with Gasteiger partial charge in [-0.05, 0) is 6.42 Å². The predicted molar refractivity (Wildman–Crippen MR) is 67.7 cm³/mol. The molecule has 0 aliphatic rings. The topological polar surface area (TPSA) is 49.8 Å². The summed E-state index contributed by atoms with van der Waals surface area (Å²) in [6.07, 6.45) is 3.76. The molecule has 0 atom stereocenters. The van der Waals surface area contributed by atoms with Crippen molar-refractivity contribution in [1.29, 1.82) is 0 Å². The molecule has 0 fully saturated rings. The molecule has 1 aromatic rings. The molecule has 1 heterocycles. The van der Waals surface area contributed by atoms with Crippen LogP contribution in [0.2, 0.25) is 0 Å². The van der Waals surface area contributed by atoms with Gasteiger partial charge in [0.05, 0.1) is 0 Å². The Bertz CT molecular complexity index is 299. The van der Waals surface area contributed by atoms with E-state index >= 15 is 0 Å². The van der Waals surface area contributed by atoms with Gasteiger partial charge in [-0.15, -0.1) is 0 Å². The van der Waals surface area contributed by atoms with Crippen LogP contribution in [-0.2, 0) is 6.42 Å². The first kappa shape index (κ1) is 12.9. The zero-order valence-electron chi connectivity index (χ0n) is 10.5. The summed E-state index contributed by atoms with van der Waals surface area (Å²) in [7, 11) is 0. The van der Waals surface area contributed by atoms with Crippen LogP contribution in [0.25, 0.3) is 0 Å². The molecular weight excluding hydrogens is 200 g/mol. The normalized spacial score (nSPS) is 10.8. The third-order valence-electron chi connectivity index (χ3n) is 2.21. The van der Waals surface area contributed by atoms with Crippen molar-refractivity contribution in [2.45, 2.75) is 39.7 Å². The van der Waals surface area contributed by atoms with Crippen LogP contribution in [0.5, 0.6) is 0 Å². The van der Waals surface area contributed by atoms with Gasteiger partial charge in [-0.1, -0.05) is 27.2 Å². The van der Waals surface area contributed by atoms with E-state index in [1.165, 1.54) is 0 Å². The molecule has 0 saturated heterocycles. The first-order chi connectivity index (χ1) is 7.72. The maximum absolute atomic E-state index is 4.22. The number of nitrogens with one attached hydrogen (secondary N) is 2. The Balaban J connectivity index is 2.33. The largest absolute Gasteiger partial charge is 0.369 e. The van der Waals surface area contributed by atoms with Crippen molar-refractivity contribution < 1.29 is 0 Å². The van der Waals surface area contributed by atoms with Gasteiger partial charge in [-0.2, -0.15) is 0 Å². The molecule has 0 spiro atoms. The Hall–Kier alpha value is -1.16. The summed E-state index contributed by atoms with van der Waals surface area (Å²) in [5.74, 6) is 0.920. The van der Waals surface area contributed by atoms with Crippen LogP contribution < -0.4 is 10.6 Å². The van der Waals surface area contributed by atoms with Crippen LogP contribution in [0.1, 0.15) is 32.9 Å². The lowest BCUT2D eigenvalue weighted by Crippen LogP contribution is -2.28. The summed E-state index contributed by atoms with van der Waals surface area (Å²) < 4.78 is 0. The molecule has 90 valence electrons. The van der Waals surface area contributed by atoms with Gasteiger partial charge in [0, 0.05) is 30.9 Å². The lowest BCUT2D eigenvalue weighted by atomic mass is 10.2. The van der Waals surface area contributed by atoms with E-state index in [2.05, 4.69) is 41.4 Å². The molecule has 0 aromatic carbocycles. The van der Waals surface area contributed by atoms with Crippen LogP contribution in [0.4, 0.5) is 5.82 Å². The van der Waals surface area contributed by atoms with Crippen molar-refractivity contribution in [3.8, 4) is 0 Å². The number of hydrogen-bond acceptors (Lipinski definition) is 4. The number of rotatable bonds is 7. The molecule has 16 heavy (non-hydrogen) atoms. The van der Waals surface area contributed by atoms with Crippen molar-refractivity contribution in [3.63, 3.8) is 0 Å². The number of anilines is 1. The average molecular weight is 222 g/mol. The fourth-order valence-electron chi connectivity index (χ4n) is 1.44. The van der Waals surface area contributed by atoms with E-state index in [1.807, 2.05) is 6.07 Å². The Morgan fingerprint density at radius 3 is 2.75 bits per heavy atom. The van der Waals surface area contributed by atoms with E-state index in [4.69, 9.17) is 0 Å². The number of hydrogen-bond donors (Lipinski definition) is 2. The summed E-state index contributed by atoms with van der Waals surface area (Å²) >= 11 is 0. The highest BCUT2D eigenvalue weighted by Crippen LogP contribution is 2.05. The zero-order chi connectivity index (χ0) is 11.8. The standard InChI is InChI=1S/C12H22N4/c1-4-5-11-8-12(16-9-15-11)14-7-6-13-10(2)3/h8-10,13H,4-7H2,1-3H3,(H,14,15,16). The molecule has 0 aliphatic carbocycles. The molecular formula is C12H22N4. The third-order valence-corrected chi connectivity index (χ3v) is 2.21. The van der Waals surface area contributed by atoms with Crippen molar-refractivity contribution in [2.24, 2.45) is 0 Å². The van der Waals surface area contributed by atoms with E-state index < -0.39 is 0 Å². The van der Waals surface area contributed by atoms with Gasteiger partial charge in [0.1, 0.15) is 12.1 Å². The molecule has 0 amide bonds. The Morgan fingerprint density at radius 2 is 2.06 bits per heavy atom. The number of aryl methyl sites for hydroxylation is 1. The van der Waals surface area contributed by atoms with Gasteiger partial charge in [0.15, 0.2) is 0 Å². The second-order valence-electron chi connectivity index (χ2n) is 4.18. The van der Waals surface area contributed by atoms with E-state index in [0.29, 0.717) is 6.04 Å². The minimum Gasteiger partial charge on any atom is -0.369 e. The van der Waals surface area contributed by atoms with E-state index in [0.717, 1.165) is 37.4 Å². The lowest BCUT2D eigenvalue weighted by Gasteiger charge is -2.09. The minimum absolute atomic E-state index is 0.530. The fourth-order valence-corrected chi connectivity index (χ4v) is 1.44. The molecule has 4 heteroatoms. The van der Waals surface area contributed by atoms with Crippen LogP contribution in [0, 0.1) is 0 Å². The molecule has 2 N–H and O–H groups in total. The van der Waals surface area contributed by atoms with Crippen LogP contribution in [0.15, 0.2) is 12.4 Å². The SMILES string of the molecule is CCCc1cc(NCCNC(C)C)ncn1. The van der Waals surface area contributed by atoms with Crippen molar-refractivity contribution in [2.75, 3.05) is 18.4 Å². The monoisotopic (exact) mass is 222 g/mol. The maximum Gasteiger partial charge on any atom is 0.129 e. The molecule has 1 rings (SSSR count). The molecule has 1 aromatic heterocycles. The summed E-state index contributed by atoms with van der Waals surface area (Å²) in [5.41, 5.74) is 1.11. The van der Waals surface area contributed by atoms with Gasteiger partial charge in [-0.3, -0.25) is 0 Å².